The molecule has 1 N–H and O–H groups in total. The standard InChI is InChI=1S/C27H29FN4O5.C4H10O/c1-17-13-30(14-18-5-7-19(28)8-6-18)9-10-32(17)26(35)21-11-20-22(25(34)27(36)29(2)3)15-31(16-33)23(20)12-24(21)37-4;1-4(2,3)5/h5-8,11-12,15-17H,9-10,13-14H2,1-4H3;5H,1-3H3. The van der Waals surface area contributed by atoms with Crippen molar-refractivity contribution in [1.82, 2.24) is 19.3 Å². The molecule has 1 aliphatic heterocycles. The van der Waals surface area contributed by atoms with E-state index in [9.17, 15) is 23.6 Å². The van der Waals surface area contributed by atoms with Crippen LogP contribution in [0.15, 0.2) is 42.6 Å². The number of hydrogen-bond donors (Lipinski definition) is 1. The van der Waals surface area contributed by atoms with Gasteiger partial charge in [-0.25, -0.2) is 4.39 Å². The number of benzene rings is 2. The fraction of sp³-hybridized carbons (Fsp3) is 0.419. The SMILES string of the molecule is CC(C)(C)O.COc1cc2c(cc1C(=O)N1CCN(Cc3ccc(F)cc3)CC1C)c(C(=O)C(=O)N(C)C)cn2C=O. The van der Waals surface area contributed by atoms with Crippen LogP contribution in [0, 0.1) is 5.82 Å². The van der Waals surface area contributed by atoms with Gasteiger partial charge < -0.3 is 19.6 Å². The number of ketones is 1. The third-order valence-electron chi connectivity index (χ3n) is 6.64. The van der Waals surface area contributed by atoms with Gasteiger partial charge in [0.1, 0.15) is 11.6 Å². The summed E-state index contributed by atoms with van der Waals surface area (Å²) in [4.78, 5) is 55.7. The van der Waals surface area contributed by atoms with Gasteiger partial charge in [0.05, 0.1) is 29.4 Å². The highest BCUT2D eigenvalue weighted by Gasteiger charge is 2.31. The Morgan fingerprint density at radius 2 is 1.71 bits per heavy atom. The number of amides is 2. The number of methoxy groups -OCH3 is 1. The maximum absolute atomic E-state index is 13.7. The number of nitrogens with zero attached hydrogens (tertiary/aromatic N) is 4. The van der Waals surface area contributed by atoms with Gasteiger partial charge >= 0.3 is 0 Å². The summed E-state index contributed by atoms with van der Waals surface area (Å²) in [7, 11) is 4.36. The van der Waals surface area contributed by atoms with E-state index >= 15 is 0 Å². The molecular weight excluding hydrogens is 543 g/mol. The van der Waals surface area contributed by atoms with Crippen molar-refractivity contribution in [3.63, 3.8) is 0 Å². The first kappa shape index (κ1) is 32.4. The predicted octanol–water partition coefficient (Wildman–Crippen LogP) is 3.22. The summed E-state index contributed by atoms with van der Waals surface area (Å²) in [6.07, 6.45) is 1.83. The van der Waals surface area contributed by atoms with E-state index < -0.39 is 17.3 Å². The molecule has 2 aromatic carbocycles. The van der Waals surface area contributed by atoms with E-state index in [-0.39, 0.29) is 34.6 Å². The summed E-state index contributed by atoms with van der Waals surface area (Å²) in [6.45, 7) is 9.53. The molecule has 3 aromatic rings. The Labute approximate surface area is 245 Å². The second kappa shape index (κ2) is 13.3. The van der Waals surface area contributed by atoms with Gasteiger partial charge in [-0.05, 0) is 51.5 Å². The van der Waals surface area contributed by atoms with Gasteiger partial charge in [-0.15, -0.1) is 0 Å². The number of piperazine rings is 1. The van der Waals surface area contributed by atoms with E-state index in [1.807, 2.05) is 6.92 Å². The van der Waals surface area contributed by atoms with Crippen molar-refractivity contribution in [3.05, 3.63) is 65.1 Å². The van der Waals surface area contributed by atoms with E-state index in [1.165, 1.54) is 56.2 Å². The van der Waals surface area contributed by atoms with E-state index in [2.05, 4.69) is 4.90 Å². The Morgan fingerprint density at radius 3 is 2.24 bits per heavy atom. The molecule has 2 heterocycles. The molecule has 0 aliphatic carbocycles. The number of carbonyl (C=O) groups is 4. The topological polar surface area (TPSA) is 112 Å². The summed E-state index contributed by atoms with van der Waals surface area (Å²) in [5, 5.41) is 8.84. The summed E-state index contributed by atoms with van der Waals surface area (Å²) < 4.78 is 19.9. The zero-order valence-corrected chi connectivity index (χ0v) is 25.2. The summed E-state index contributed by atoms with van der Waals surface area (Å²) >= 11 is 0. The summed E-state index contributed by atoms with van der Waals surface area (Å²) in [5.74, 6) is -1.80. The Bertz CT molecular complexity index is 1450. The van der Waals surface area contributed by atoms with Crippen LogP contribution in [0.5, 0.6) is 5.75 Å². The maximum Gasteiger partial charge on any atom is 0.294 e. The smallest absolute Gasteiger partial charge is 0.294 e. The van der Waals surface area contributed by atoms with Gasteiger partial charge in [0.15, 0.2) is 0 Å². The number of carbonyl (C=O) groups excluding carboxylic acids is 4. The molecule has 226 valence electrons. The average molecular weight is 583 g/mol. The van der Waals surface area contributed by atoms with E-state index in [0.29, 0.717) is 43.5 Å². The van der Waals surface area contributed by atoms with Gasteiger partial charge in [-0.2, -0.15) is 0 Å². The van der Waals surface area contributed by atoms with Crippen LogP contribution < -0.4 is 4.74 Å². The third-order valence-corrected chi connectivity index (χ3v) is 6.64. The zero-order valence-electron chi connectivity index (χ0n) is 25.2. The molecule has 4 rings (SSSR count). The lowest BCUT2D eigenvalue weighted by Gasteiger charge is -2.40. The van der Waals surface area contributed by atoms with Gasteiger partial charge in [-0.1, -0.05) is 12.1 Å². The number of fused-ring (bicyclic) bond motifs is 1. The van der Waals surface area contributed by atoms with Gasteiger partial charge in [0, 0.05) is 64.0 Å². The van der Waals surface area contributed by atoms with Crippen molar-refractivity contribution in [3.8, 4) is 5.75 Å². The number of aromatic nitrogens is 1. The van der Waals surface area contributed by atoms with Crippen LogP contribution in [0.2, 0.25) is 0 Å². The minimum absolute atomic E-state index is 0.0367. The molecule has 42 heavy (non-hydrogen) atoms. The van der Waals surface area contributed by atoms with Crippen LogP contribution in [0.25, 0.3) is 10.9 Å². The maximum atomic E-state index is 13.7. The molecule has 1 saturated heterocycles. The molecule has 1 aliphatic rings. The lowest BCUT2D eigenvalue weighted by Crippen LogP contribution is -2.53. The monoisotopic (exact) mass is 582 g/mol. The van der Waals surface area contributed by atoms with Crippen LogP contribution >= 0.6 is 0 Å². The molecule has 1 unspecified atom stereocenters. The average Bonchev–Trinajstić information content (AvgIpc) is 3.29. The molecule has 2 amide bonds. The predicted molar refractivity (Wildman–Crippen MR) is 158 cm³/mol. The molecule has 0 saturated carbocycles. The highest BCUT2D eigenvalue weighted by molar-refractivity contribution is 6.45. The third kappa shape index (κ3) is 7.80. The summed E-state index contributed by atoms with van der Waals surface area (Å²) in [6, 6.07) is 9.30. The molecule has 0 bridgehead atoms. The number of halogens is 1. The Morgan fingerprint density at radius 1 is 1.10 bits per heavy atom. The van der Waals surface area contributed by atoms with Crippen molar-refractivity contribution in [2.75, 3.05) is 40.8 Å². The van der Waals surface area contributed by atoms with Gasteiger partial charge in [0.2, 0.25) is 6.41 Å². The molecule has 1 atom stereocenters. The molecule has 11 heteroatoms. The first-order valence-electron chi connectivity index (χ1n) is 13.6. The van der Waals surface area contributed by atoms with E-state index in [4.69, 9.17) is 9.84 Å². The molecule has 0 spiro atoms. The van der Waals surface area contributed by atoms with Crippen LogP contribution in [0.4, 0.5) is 4.39 Å². The van der Waals surface area contributed by atoms with Crippen molar-refractivity contribution < 1.29 is 33.4 Å². The second-order valence-electron chi connectivity index (χ2n) is 11.5. The van der Waals surface area contributed by atoms with E-state index in [0.717, 1.165) is 10.5 Å². The highest BCUT2D eigenvalue weighted by Crippen LogP contribution is 2.31. The number of rotatable bonds is 7. The molecule has 0 radical (unpaired) electrons. The molecule has 1 fully saturated rings. The van der Waals surface area contributed by atoms with Gasteiger partial charge in [-0.3, -0.25) is 28.6 Å². The fourth-order valence-electron chi connectivity index (χ4n) is 4.68. The fourth-order valence-corrected chi connectivity index (χ4v) is 4.68. The Kier molecular flexibility index (Phi) is 10.2. The molecular formula is C31H39FN4O6. The second-order valence-corrected chi connectivity index (χ2v) is 11.5. The summed E-state index contributed by atoms with van der Waals surface area (Å²) in [5.41, 5.74) is 1.12. The van der Waals surface area contributed by atoms with Gasteiger partial charge in [0.25, 0.3) is 17.6 Å². The number of aliphatic hydroxyl groups is 1. The quantitative estimate of drug-likeness (QED) is 0.259. The van der Waals surface area contributed by atoms with Crippen molar-refractivity contribution >= 4 is 34.9 Å². The van der Waals surface area contributed by atoms with Crippen LogP contribution in [-0.4, -0.2) is 101 Å². The highest BCUT2D eigenvalue weighted by atomic mass is 19.1. The number of ether oxygens (including phenoxy) is 1. The lowest BCUT2D eigenvalue weighted by atomic mass is 10.0. The largest absolute Gasteiger partial charge is 0.496 e. The van der Waals surface area contributed by atoms with Crippen LogP contribution in [0.3, 0.4) is 0 Å². The normalized spacial score (nSPS) is 15.5. The number of likely N-dealkylation sites (N-methyl/N-ethyl adjacent to an activating group) is 1. The lowest BCUT2D eigenvalue weighted by molar-refractivity contribution is -0.124. The Balaban J connectivity index is 0.000000892. The first-order valence-corrected chi connectivity index (χ1v) is 13.6. The van der Waals surface area contributed by atoms with Crippen LogP contribution in [0.1, 0.15) is 54.0 Å². The number of hydrogen-bond acceptors (Lipinski definition) is 7. The minimum atomic E-state index is -0.776. The van der Waals surface area contributed by atoms with E-state index in [1.54, 1.807) is 37.8 Å². The molecule has 10 nitrogen and oxygen atoms in total. The number of Topliss-reactive ketones (excluding diaryl/α,β-unsaturated/α-hetero) is 1. The van der Waals surface area contributed by atoms with Crippen LogP contribution in [-0.2, 0) is 16.1 Å². The van der Waals surface area contributed by atoms with Crippen molar-refractivity contribution in [2.24, 2.45) is 0 Å². The molecule has 1 aromatic heterocycles. The van der Waals surface area contributed by atoms with Crippen molar-refractivity contribution in [1.29, 1.82) is 0 Å². The zero-order chi connectivity index (χ0) is 31.4. The minimum Gasteiger partial charge on any atom is -0.496 e. The van der Waals surface area contributed by atoms with Crippen molar-refractivity contribution in [2.45, 2.75) is 45.9 Å². The Hall–Kier alpha value is -4.09. The first-order chi connectivity index (χ1) is 19.6.